The molecule has 1 heterocycles. The third-order valence-electron chi connectivity index (χ3n) is 4.20. The first-order chi connectivity index (χ1) is 11.7. The molecule has 4 N–H and O–H groups in total. The minimum atomic E-state index is -0.0837. The lowest BCUT2D eigenvalue weighted by Gasteiger charge is -2.18. The average Bonchev–Trinajstić information content (AvgIpc) is 2.98. The van der Waals surface area contributed by atoms with Gasteiger partial charge in [-0.15, -0.1) is 0 Å². The van der Waals surface area contributed by atoms with Crippen LogP contribution in [0.5, 0.6) is 0 Å². The van der Waals surface area contributed by atoms with Gasteiger partial charge in [0.25, 0.3) is 0 Å². The van der Waals surface area contributed by atoms with E-state index in [2.05, 4.69) is 10.6 Å². The fourth-order valence-corrected chi connectivity index (χ4v) is 2.92. The molecule has 0 saturated heterocycles. The maximum Gasteiger partial charge on any atom is 0.321 e. The lowest BCUT2D eigenvalue weighted by atomic mass is 10.1. The fraction of sp³-hybridized carbons (Fsp3) is 0.556. The molecule has 0 atom stereocenters. The van der Waals surface area contributed by atoms with Gasteiger partial charge in [0.05, 0.1) is 5.69 Å². The second-order valence-corrected chi connectivity index (χ2v) is 6.08. The highest BCUT2D eigenvalue weighted by Crippen LogP contribution is 2.31. The van der Waals surface area contributed by atoms with E-state index in [-0.39, 0.29) is 11.9 Å². The highest BCUT2D eigenvalue weighted by atomic mass is 16.2. The van der Waals surface area contributed by atoms with Crippen LogP contribution in [0.25, 0.3) is 0 Å². The zero-order valence-electron chi connectivity index (χ0n) is 14.4. The second-order valence-electron chi connectivity index (χ2n) is 6.08. The van der Waals surface area contributed by atoms with Crippen LogP contribution in [0.1, 0.15) is 44.6 Å². The molecule has 0 aliphatic carbocycles. The number of hydrogen-bond acceptors (Lipinski definition) is 3. The molecule has 0 bridgehead atoms. The molecule has 6 nitrogen and oxygen atoms in total. The molecule has 1 aromatic rings. The van der Waals surface area contributed by atoms with E-state index in [9.17, 15) is 9.59 Å². The predicted octanol–water partition coefficient (Wildman–Crippen LogP) is 2.63. The maximum atomic E-state index is 12.1. The minimum Gasteiger partial charge on any atom is -0.338 e. The lowest BCUT2D eigenvalue weighted by molar-refractivity contribution is -0.116. The first kappa shape index (κ1) is 18.3. The van der Waals surface area contributed by atoms with Gasteiger partial charge in [0.15, 0.2) is 0 Å². The van der Waals surface area contributed by atoms with Gasteiger partial charge >= 0.3 is 6.03 Å². The fourth-order valence-electron chi connectivity index (χ4n) is 2.92. The van der Waals surface area contributed by atoms with Crippen LogP contribution in [0.2, 0.25) is 0 Å². The zero-order chi connectivity index (χ0) is 17.4. The summed E-state index contributed by atoms with van der Waals surface area (Å²) in [5.41, 5.74) is 8.23. The summed E-state index contributed by atoms with van der Waals surface area (Å²) in [6, 6.07) is 5.71. The van der Waals surface area contributed by atoms with Crippen molar-refractivity contribution < 1.29 is 9.59 Å². The van der Waals surface area contributed by atoms with E-state index in [4.69, 9.17) is 5.73 Å². The molecule has 1 aliphatic rings. The van der Waals surface area contributed by atoms with Gasteiger partial charge in [-0.05, 0) is 50.4 Å². The topological polar surface area (TPSA) is 87.5 Å². The van der Waals surface area contributed by atoms with Crippen molar-refractivity contribution in [3.63, 3.8) is 0 Å². The number of nitrogens with one attached hydrogen (secondary N) is 2. The number of anilines is 2. The van der Waals surface area contributed by atoms with Crippen molar-refractivity contribution in [3.8, 4) is 0 Å². The van der Waals surface area contributed by atoms with Gasteiger partial charge < -0.3 is 16.4 Å². The van der Waals surface area contributed by atoms with Gasteiger partial charge in [-0.3, -0.25) is 9.69 Å². The summed E-state index contributed by atoms with van der Waals surface area (Å²) in [6.45, 7) is 3.90. The molecule has 0 spiro atoms. The predicted molar refractivity (Wildman–Crippen MR) is 97.3 cm³/mol. The number of urea groups is 1. The van der Waals surface area contributed by atoms with Crippen molar-refractivity contribution in [3.05, 3.63) is 23.8 Å². The Morgan fingerprint density at radius 2 is 2.00 bits per heavy atom. The van der Waals surface area contributed by atoms with E-state index in [0.717, 1.165) is 49.0 Å². The summed E-state index contributed by atoms with van der Waals surface area (Å²) in [6.07, 6.45) is 5.36. The third-order valence-corrected chi connectivity index (χ3v) is 4.20. The number of nitrogens with zero attached hydrogens (tertiary/aromatic N) is 1. The molecule has 1 aromatic carbocycles. The summed E-state index contributed by atoms with van der Waals surface area (Å²) in [4.78, 5) is 25.9. The van der Waals surface area contributed by atoms with Crippen LogP contribution < -0.4 is 21.3 Å². The molecule has 24 heavy (non-hydrogen) atoms. The second kappa shape index (κ2) is 9.27. The van der Waals surface area contributed by atoms with Crippen LogP contribution in [-0.4, -0.2) is 31.6 Å². The highest BCUT2D eigenvalue weighted by molar-refractivity contribution is 5.96. The van der Waals surface area contributed by atoms with E-state index < -0.39 is 0 Å². The Labute approximate surface area is 143 Å². The number of rotatable bonds is 8. The third kappa shape index (κ3) is 4.96. The molecule has 0 saturated carbocycles. The van der Waals surface area contributed by atoms with Gasteiger partial charge in [0.2, 0.25) is 5.91 Å². The monoisotopic (exact) mass is 332 g/mol. The number of unbranched alkanes of at least 4 members (excludes halogenated alkanes) is 3. The minimum absolute atomic E-state index is 0.0188. The Kier molecular flexibility index (Phi) is 7.06. The molecule has 132 valence electrons. The van der Waals surface area contributed by atoms with Crippen molar-refractivity contribution >= 4 is 23.3 Å². The summed E-state index contributed by atoms with van der Waals surface area (Å²) in [5, 5.41) is 5.76. The van der Waals surface area contributed by atoms with Crippen LogP contribution in [-0.2, 0) is 11.2 Å². The molecular formula is C18H28N4O2. The van der Waals surface area contributed by atoms with Crippen molar-refractivity contribution in [1.29, 1.82) is 0 Å². The summed E-state index contributed by atoms with van der Waals surface area (Å²) < 4.78 is 0. The van der Waals surface area contributed by atoms with E-state index in [1.165, 1.54) is 0 Å². The summed E-state index contributed by atoms with van der Waals surface area (Å²) in [7, 11) is 0. The van der Waals surface area contributed by atoms with Crippen LogP contribution in [0.4, 0.5) is 16.2 Å². The lowest BCUT2D eigenvalue weighted by Crippen LogP contribution is -2.38. The molecular weight excluding hydrogens is 304 g/mol. The van der Waals surface area contributed by atoms with E-state index >= 15 is 0 Å². The maximum absolute atomic E-state index is 12.1. The largest absolute Gasteiger partial charge is 0.338 e. The molecule has 2 rings (SSSR count). The van der Waals surface area contributed by atoms with Crippen molar-refractivity contribution in [1.82, 2.24) is 5.32 Å². The Bertz CT molecular complexity index is 574. The number of fused-ring (bicyclic) bond motifs is 1. The normalized spacial score (nSPS) is 12.8. The van der Waals surface area contributed by atoms with Crippen LogP contribution in [0.15, 0.2) is 18.2 Å². The molecule has 6 heteroatoms. The molecule has 3 amide bonds. The molecule has 0 aromatic heterocycles. The Hall–Kier alpha value is -2.08. The zero-order valence-corrected chi connectivity index (χ0v) is 14.4. The van der Waals surface area contributed by atoms with E-state index in [1.54, 1.807) is 4.90 Å². The molecule has 0 unspecified atom stereocenters. The van der Waals surface area contributed by atoms with Crippen molar-refractivity contribution in [2.75, 3.05) is 29.9 Å². The van der Waals surface area contributed by atoms with Crippen molar-refractivity contribution in [2.45, 2.75) is 45.4 Å². The number of carbonyl (C=O) groups is 2. The van der Waals surface area contributed by atoms with E-state index in [1.807, 2.05) is 25.1 Å². The highest BCUT2D eigenvalue weighted by Gasteiger charge is 2.24. The molecule has 0 fully saturated rings. The molecule has 0 radical (unpaired) electrons. The standard InChI is InChI=1S/C18H28N4O2/c1-2-20-18(24)22-12-10-14-8-9-15(13-16(14)22)21-17(23)7-5-3-4-6-11-19/h8-9,13H,2-7,10-12,19H2,1H3,(H,20,24)(H,21,23). The summed E-state index contributed by atoms with van der Waals surface area (Å²) in [5.74, 6) is 0.0188. The average molecular weight is 332 g/mol. The Balaban J connectivity index is 1.90. The SMILES string of the molecule is CCNC(=O)N1CCc2ccc(NC(=O)CCCCCCN)cc21. The van der Waals surface area contributed by atoms with Crippen LogP contribution in [0, 0.1) is 0 Å². The number of carbonyl (C=O) groups excluding carboxylic acids is 2. The van der Waals surface area contributed by atoms with Crippen LogP contribution in [0.3, 0.4) is 0 Å². The first-order valence-electron chi connectivity index (χ1n) is 8.84. The summed E-state index contributed by atoms with van der Waals surface area (Å²) >= 11 is 0. The Morgan fingerprint density at radius 1 is 1.21 bits per heavy atom. The van der Waals surface area contributed by atoms with Crippen LogP contribution >= 0.6 is 0 Å². The van der Waals surface area contributed by atoms with Gasteiger partial charge in [-0.2, -0.15) is 0 Å². The number of amides is 3. The molecule has 1 aliphatic heterocycles. The smallest absolute Gasteiger partial charge is 0.321 e. The van der Waals surface area contributed by atoms with Gasteiger partial charge in [0.1, 0.15) is 0 Å². The first-order valence-corrected chi connectivity index (χ1v) is 8.84. The van der Waals surface area contributed by atoms with Gasteiger partial charge in [0, 0.05) is 25.2 Å². The van der Waals surface area contributed by atoms with Crippen molar-refractivity contribution in [2.24, 2.45) is 5.73 Å². The Morgan fingerprint density at radius 3 is 2.75 bits per heavy atom. The number of benzene rings is 1. The number of hydrogen-bond donors (Lipinski definition) is 3. The van der Waals surface area contributed by atoms with Gasteiger partial charge in [-0.25, -0.2) is 4.79 Å². The van der Waals surface area contributed by atoms with Gasteiger partial charge in [-0.1, -0.05) is 18.9 Å². The van der Waals surface area contributed by atoms with E-state index in [0.29, 0.717) is 26.1 Å². The number of nitrogens with two attached hydrogens (primary N) is 1. The quantitative estimate of drug-likeness (QED) is 0.640.